The van der Waals surface area contributed by atoms with E-state index in [1.54, 1.807) is 0 Å². The maximum atomic E-state index is 12.5. The number of sulfonamides is 1. The van der Waals surface area contributed by atoms with E-state index < -0.39 is 10.0 Å². The van der Waals surface area contributed by atoms with Crippen molar-refractivity contribution in [2.75, 3.05) is 19.6 Å². The van der Waals surface area contributed by atoms with Crippen LogP contribution in [0.3, 0.4) is 0 Å². The lowest BCUT2D eigenvalue weighted by Gasteiger charge is -2.30. The van der Waals surface area contributed by atoms with Gasteiger partial charge in [0.1, 0.15) is 0 Å². The van der Waals surface area contributed by atoms with E-state index in [0.29, 0.717) is 19.6 Å². The number of piperazine rings is 1. The molecule has 1 atom stereocenters. The lowest BCUT2D eigenvalue weighted by atomic mass is 10.3. The van der Waals surface area contributed by atoms with Crippen LogP contribution in [0.25, 0.3) is 10.2 Å². The largest absolute Gasteiger partial charge is 0.312 e. The summed E-state index contributed by atoms with van der Waals surface area (Å²) in [5, 5.41) is 3.24. The Morgan fingerprint density at radius 3 is 2.95 bits per heavy atom. The minimum absolute atomic E-state index is 0.179. The first-order valence-corrected chi connectivity index (χ1v) is 8.42. The van der Waals surface area contributed by atoms with Crippen LogP contribution in [0.5, 0.6) is 0 Å². The van der Waals surface area contributed by atoms with Crippen LogP contribution in [-0.4, -0.2) is 43.4 Å². The Bertz CT molecular complexity index is 663. The third kappa shape index (κ3) is 2.38. The van der Waals surface area contributed by atoms with Crippen molar-refractivity contribution in [1.29, 1.82) is 0 Å². The second-order valence-corrected chi connectivity index (χ2v) is 7.81. The predicted octanol–water partition coefficient (Wildman–Crippen LogP) is 1.28. The van der Waals surface area contributed by atoms with Gasteiger partial charge >= 0.3 is 0 Å². The number of nitrogens with one attached hydrogen (secondary N) is 1. The molecule has 2 heterocycles. The molecule has 19 heavy (non-hydrogen) atoms. The number of aromatic nitrogens is 1. The Kier molecular flexibility index (Phi) is 3.30. The van der Waals surface area contributed by atoms with Crippen LogP contribution < -0.4 is 5.32 Å². The number of para-hydroxylation sites is 1. The average molecular weight is 297 g/mol. The molecule has 1 N–H and O–H groups in total. The highest BCUT2D eigenvalue weighted by Crippen LogP contribution is 2.27. The molecule has 2 aromatic rings. The van der Waals surface area contributed by atoms with Crippen molar-refractivity contribution < 1.29 is 8.42 Å². The summed E-state index contributed by atoms with van der Waals surface area (Å²) in [4.78, 5) is 4.25. The van der Waals surface area contributed by atoms with Gasteiger partial charge in [-0.1, -0.05) is 12.1 Å². The number of hydrogen-bond donors (Lipinski definition) is 1. The number of thiazole rings is 1. The molecule has 1 aromatic heterocycles. The van der Waals surface area contributed by atoms with E-state index >= 15 is 0 Å². The second kappa shape index (κ2) is 4.82. The van der Waals surface area contributed by atoms with E-state index in [4.69, 9.17) is 0 Å². The molecule has 1 aliphatic heterocycles. The molecule has 0 saturated carbocycles. The third-order valence-corrected chi connectivity index (χ3v) is 6.42. The number of hydrogen-bond acceptors (Lipinski definition) is 5. The van der Waals surface area contributed by atoms with Crippen LogP contribution in [0.2, 0.25) is 0 Å². The topological polar surface area (TPSA) is 62.3 Å². The Labute approximate surface area is 116 Å². The van der Waals surface area contributed by atoms with Crippen molar-refractivity contribution in [1.82, 2.24) is 14.6 Å². The molecular formula is C12H15N3O2S2. The van der Waals surface area contributed by atoms with Gasteiger partial charge < -0.3 is 5.32 Å². The summed E-state index contributed by atoms with van der Waals surface area (Å²) < 4.78 is 27.7. The summed E-state index contributed by atoms with van der Waals surface area (Å²) in [5.74, 6) is 0. The van der Waals surface area contributed by atoms with E-state index in [0.717, 1.165) is 10.2 Å². The van der Waals surface area contributed by atoms with Crippen molar-refractivity contribution in [3.05, 3.63) is 24.3 Å². The first-order valence-electron chi connectivity index (χ1n) is 6.16. The minimum Gasteiger partial charge on any atom is -0.312 e. The highest BCUT2D eigenvalue weighted by Gasteiger charge is 2.31. The minimum atomic E-state index is -3.46. The van der Waals surface area contributed by atoms with Crippen LogP contribution >= 0.6 is 11.3 Å². The molecule has 102 valence electrons. The third-order valence-electron chi connectivity index (χ3n) is 3.17. The molecule has 7 heteroatoms. The van der Waals surface area contributed by atoms with Gasteiger partial charge in [-0.3, -0.25) is 0 Å². The Balaban J connectivity index is 1.99. The number of rotatable bonds is 2. The van der Waals surface area contributed by atoms with Gasteiger partial charge in [0.2, 0.25) is 4.34 Å². The summed E-state index contributed by atoms with van der Waals surface area (Å²) >= 11 is 1.24. The van der Waals surface area contributed by atoms with E-state index in [1.807, 2.05) is 31.2 Å². The molecule has 3 rings (SSSR count). The van der Waals surface area contributed by atoms with Crippen LogP contribution in [0.4, 0.5) is 0 Å². The van der Waals surface area contributed by atoms with Gasteiger partial charge in [0.25, 0.3) is 10.0 Å². The lowest BCUT2D eigenvalue weighted by molar-refractivity contribution is 0.310. The summed E-state index contributed by atoms with van der Waals surface area (Å²) in [6.45, 7) is 3.67. The van der Waals surface area contributed by atoms with Crippen LogP contribution in [0.1, 0.15) is 6.92 Å². The van der Waals surface area contributed by atoms with E-state index in [9.17, 15) is 8.42 Å². The summed E-state index contributed by atoms with van der Waals surface area (Å²) in [6.07, 6.45) is 0. The molecule has 1 fully saturated rings. The zero-order valence-corrected chi connectivity index (χ0v) is 12.2. The second-order valence-electron chi connectivity index (χ2n) is 4.67. The van der Waals surface area contributed by atoms with Gasteiger partial charge in [-0.2, -0.15) is 4.31 Å². The quantitative estimate of drug-likeness (QED) is 0.907. The number of fused-ring (bicyclic) bond motifs is 1. The monoisotopic (exact) mass is 297 g/mol. The van der Waals surface area contributed by atoms with Crippen molar-refractivity contribution in [2.24, 2.45) is 0 Å². The van der Waals surface area contributed by atoms with E-state index in [1.165, 1.54) is 15.6 Å². The normalized spacial score (nSPS) is 21.8. The molecule has 1 aliphatic rings. The Morgan fingerprint density at radius 1 is 1.42 bits per heavy atom. The summed E-state index contributed by atoms with van der Waals surface area (Å²) in [5.41, 5.74) is 0.745. The fourth-order valence-corrected chi connectivity index (χ4v) is 5.08. The summed E-state index contributed by atoms with van der Waals surface area (Å²) in [7, 11) is -3.46. The SMILES string of the molecule is C[C@H]1CN(S(=O)(=O)c2nc3ccccc3s2)CCN1. The number of benzene rings is 1. The van der Waals surface area contributed by atoms with Gasteiger partial charge in [-0.15, -0.1) is 11.3 Å². The first-order chi connectivity index (χ1) is 9.07. The molecule has 0 amide bonds. The van der Waals surface area contributed by atoms with Crippen molar-refractivity contribution in [2.45, 2.75) is 17.3 Å². The van der Waals surface area contributed by atoms with Gasteiger partial charge in [0, 0.05) is 25.7 Å². The molecule has 0 unspecified atom stereocenters. The Morgan fingerprint density at radius 2 is 2.21 bits per heavy atom. The zero-order valence-electron chi connectivity index (χ0n) is 10.5. The van der Waals surface area contributed by atoms with Crippen LogP contribution in [0, 0.1) is 0 Å². The molecule has 1 aromatic carbocycles. The molecule has 0 aliphatic carbocycles. The standard InChI is InChI=1S/C12H15N3O2S2/c1-9-8-15(7-6-13-9)19(16,17)12-14-10-4-2-3-5-11(10)18-12/h2-5,9,13H,6-8H2,1H3/t9-/m0/s1. The predicted molar refractivity (Wildman–Crippen MR) is 75.8 cm³/mol. The molecular weight excluding hydrogens is 282 g/mol. The van der Waals surface area contributed by atoms with Crippen molar-refractivity contribution in [3.8, 4) is 0 Å². The van der Waals surface area contributed by atoms with Crippen LogP contribution in [-0.2, 0) is 10.0 Å². The van der Waals surface area contributed by atoms with Gasteiger partial charge in [0.05, 0.1) is 10.2 Å². The smallest absolute Gasteiger partial charge is 0.270 e. The Hall–Kier alpha value is -1.02. The van der Waals surface area contributed by atoms with Gasteiger partial charge in [-0.05, 0) is 19.1 Å². The first kappa shape index (κ1) is 13.0. The van der Waals surface area contributed by atoms with Gasteiger partial charge in [-0.25, -0.2) is 13.4 Å². The molecule has 0 bridgehead atoms. The number of nitrogens with zero attached hydrogens (tertiary/aromatic N) is 2. The molecule has 1 saturated heterocycles. The zero-order chi connectivity index (χ0) is 13.5. The highest BCUT2D eigenvalue weighted by atomic mass is 32.2. The average Bonchev–Trinajstić information content (AvgIpc) is 2.83. The highest BCUT2D eigenvalue weighted by molar-refractivity contribution is 7.91. The van der Waals surface area contributed by atoms with Crippen molar-refractivity contribution in [3.63, 3.8) is 0 Å². The van der Waals surface area contributed by atoms with Crippen molar-refractivity contribution >= 4 is 31.6 Å². The fourth-order valence-electron chi connectivity index (χ4n) is 2.19. The van der Waals surface area contributed by atoms with Crippen LogP contribution in [0.15, 0.2) is 28.6 Å². The lowest BCUT2D eigenvalue weighted by Crippen LogP contribution is -2.51. The maximum absolute atomic E-state index is 12.5. The van der Waals surface area contributed by atoms with E-state index in [2.05, 4.69) is 10.3 Å². The maximum Gasteiger partial charge on any atom is 0.270 e. The molecule has 0 spiro atoms. The fraction of sp³-hybridized carbons (Fsp3) is 0.417. The molecule has 0 radical (unpaired) electrons. The molecule has 5 nitrogen and oxygen atoms in total. The van der Waals surface area contributed by atoms with E-state index in [-0.39, 0.29) is 10.4 Å². The van der Waals surface area contributed by atoms with Gasteiger partial charge in [0.15, 0.2) is 0 Å². The summed E-state index contributed by atoms with van der Waals surface area (Å²) in [6, 6.07) is 7.67.